The first-order valence-corrected chi connectivity index (χ1v) is 2.54. The van der Waals surface area contributed by atoms with Crippen LogP contribution in [0.3, 0.4) is 0 Å². The molecule has 0 aliphatic rings. The van der Waals surface area contributed by atoms with Gasteiger partial charge in [0.1, 0.15) is 6.61 Å². The molecule has 0 aromatic heterocycles. The van der Waals surface area contributed by atoms with Gasteiger partial charge in [0.15, 0.2) is 0 Å². The maximum Gasteiger partial charge on any atom is 0.417 e. The smallest absolute Gasteiger partial charge is 0.417 e. The topological polar surface area (TPSA) is 26.3 Å². The SMILES string of the molecule is CC(CO[C]=O)C(F)(F)F. The van der Waals surface area contributed by atoms with Crippen molar-refractivity contribution in [1.82, 2.24) is 0 Å². The molecule has 2 nitrogen and oxygen atoms in total. The zero-order valence-electron chi connectivity index (χ0n) is 5.23. The fourth-order valence-electron chi connectivity index (χ4n) is 0.254. The highest BCUT2D eigenvalue weighted by atomic mass is 19.4. The molecule has 0 aliphatic heterocycles. The first-order valence-electron chi connectivity index (χ1n) is 2.54. The Bertz CT molecular complexity index is 110. The first-order chi connectivity index (χ1) is 4.48. The summed E-state index contributed by atoms with van der Waals surface area (Å²) in [5.74, 6) is -1.62. The molecule has 1 radical (unpaired) electrons. The van der Waals surface area contributed by atoms with Crippen molar-refractivity contribution in [2.45, 2.75) is 13.1 Å². The van der Waals surface area contributed by atoms with Crippen LogP contribution < -0.4 is 0 Å². The third-order valence-corrected chi connectivity index (χ3v) is 0.951. The lowest BCUT2D eigenvalue weighted by Crippen LogP contribution is -2.24. The normalized spacial score (nSPS) is 14.4. The van der Waals surface area contributed by atoms with Crippen LogP contribution in [-0.2, 0) is 9.53 Å². The van der Waals surface area contributed by atoms with Gasteiger partial charge in [-0.25, -0.2) is 4.79 Å². The maximum atomic E-state index is 11.6. The van der Waals surface area contributed by atoms with Crippen LogP contribution in [0.1, 0.15) is 6.92 Å². The van der Waals surface area contributed by atoms with E-state index in [0.717, 1.165) is 13.4 Å². The molecule has 0 N–H and O–H groups in total. The molecule has 5 heteroatoms. The number of alkyl halides is 3. The summed E-state index contributed by atoms with van der Waals surface area (Å²) in [5.41, 5.74) is 0. The van der Waals surface area contributed by atoms with Crippen LogP contribution in [0.5, 0.6) is 0 Å². The predicted molar refractivity (Wildman–Crippen MR) is 26.9 cm³/mol. The number of hydrogen-bond donors (Lipinski definition) is 0. The van der Waals surface area contributed by atoms with Crippen molar-refractivity contribution < 1.29 is 22.7 Å². The molecule has 0 saturated carbocycles. The van der Waals surface area contributed by atoms with Crippen LogP contribution in [0.15, 0.2) is 0 Å². The highest BCUT2D eigenvalue weighted by Gasteiger charge is 2.36. The maximum absolute atomic E-state index is 11.6. The van der Waals surface area contributed by atoms with Gasteiger partial charge in [-0.05, 0) is 0 Å². The summed E-state index contributed by atoms with van der Waals surface area (Å²) in [4.78, 5) is 9.32. The zero-order chi connectivity index (χ0) is 8.20. The van der Waals surface area contributed by atoms with Crippen LogP contribution in [0, 0.1) is 5.92 Å². The van der Waals surface area contributed by atoms with E-state index in [1.807, 2.05) is 0 Å². The summed E-state index contributed by atoms with van der Waals surface area (Å²) in [7, 11) is 0. The van der Waals surface area contributed by atoms with Crippen molar-refractivity contribution in [3.05, 3.63) is 0 Å². The fraction of sp³-hybridized carbons (Fsp3) is 0.800. The molecule has 0 aliphatic carbocycles. The fourth-order valence-corrected chi connectivity index (χ4v) is 0.254. The minimum Gasteiger partial charge on any atom is -0.457 e. The van der Waals surface area contributed by atoms with Crippen molar-refractivity contribution in [2.75, 3.05) is 6.61 Å². The lowest BCUT2D eigenvalue weighted by molar-refractivity contribution is -0.177. The lowest BCUT2D eigenvalue weighted by Gasteiger charge is -2.12. The minimum atomic E-state index is -4.29. The number of carbonyl (C=O) groups excluding carboxylic acids is 1. The van der Waals surface area contributed by atoms with Crippen molar-refractivity contribution >= 4 is 6.47 Å². The second-order valence-corrected chi connectivity index (χ2v) is 1.84. The van der Waals surface area contributed by atoms with E-state index in [9.17, 15) is 18.0 Å². The second kappa shape index (κ2) is 3.43. The molecule has 59 valence electrons. The van der Waals surface area contributed by atoms with Gasteiger partial charge in [0.05, 0.1) is 5.92 Å². The van der Waals surface area contributed by atoms with Gasteiger partial charge in [-0.1, -0.05) is 6.92 Å². The molecule has 0 fully saturated rings. The number of hydrogen-bond acceptors (Lipinski definition) is 2. The van der Waals surface area contributed by atoms with Gasteiger partial charge in [0, 0.05) is 0 Å². The van der Waals surface area contributed by atoms with E-state index in [2.05, 4.69) is 4.74 Å². The van der Waals surface area contributed by atoms with Gasteiger partial charge >= 0.3 is 12.6 Å². The van der Waals surface area contributed by atoms with E-state index in [1.54, 1.807) is 0 Å². The second-order valence-electron chi connectivity index (χ2n) is 1.84. The number of rotatable bonds is 3. The van der Waals surface area contributed by atoms with Gasteiger partial charge < -0.3 is 4.74 Å². The molecule has 0 amide bonds. The van der Waals surface area contributed by atoms with E-state index < -0.39 is 18.7 Å². The van der Waals surface area contributed by atoms with Crippen molar-refractivity contribution in [2.24, 2.45) is 5.92 Å². The highest BCUT2D eigenvalue weighted by molar-refractivity contribution is 5.38. The Labute approximate surface area is 56.0 Å². The molecular formula is C5H6F3O2. The Morgan fingerprint density at radius 1 is 1.60 bits per heavy atom. The van der Waals surface area contributed by atoms with Crippen LogP contribution in [0.2, 0.25) is 0 Å². The number of halogens is 3. The van der Waals surface area contributed by atoms with Gasteiger partial charge in [0.2, 0.25) is 0 Å². The van der Waals surface area contributed by atoms with Crippen LogP contribution in [-0.4, -0.2) is 19.3 Å². The molecule has 1 atom stereocenters. The molecule has 0 bridgehead atoms. The summed E-state index contributed by atoms with van der Waals surface area (Å²) in [5, 5.41) is 0. The highest BCUT2D eigenvalue weighted by Crippen LogP contribution is 2.25. The Morgan fingerprint density at radius 2 is 2.10 bits per heavy atom. The van der Waals surface area contributed by atoms with Crippen LogP contribution >= 0.6 is 0 Å². The molecule has 0 rings (SSSR count). The average Bonchev–Trinajstić information content (AvgIpc) is 1.80. The molecule has 0 heterocycles. The van der Waals surface area contributed by atoms with Crippen molar-refractivity contribution in [1.29, 1.82) is 0 Å². The third-order valence-electron chi connectivity index (χ3n) is 0.951. The molecular weight excluding hydrogens is 149 g/mol. The lowest BCUT2D eigenvalue weighted by atomic mass is 10.2. The standard InChI is InChI=1S/C5H6F3O2/c1-4(2-10-3-9)5(6,7)8/h4H,2H2,1H3. The van der Waals surface area contributed by atoms with E-state index in [4.69, 9.17) is 0 Å². The summed E-state index contributed by atoms with van der Waals surface area (Å²) >= 11 is 0. The molecule has 10 heavy (non-hydrogen) atoms. The summed E-state index contributed by atoms with van der Waals surface area (Å²) in [6.07, 6.45) is -4.29. The molecule has 0 saturated heterocycles. The van der Waals surface area contributed by atoms with Crippen molar-refractivity contribution in [3.8, 4) is 0 Å². The van der Waals surface area contributed by atoms with E-state index in [1.165, 1.54) is 0 Å². The van der Waals surface area contributed by atoms with Crippen LogP contribution in [0.25, 0.3) is 0 Å². The summed E-state index contributed by atoms with van der Waals surface area (Å²) in [6.45, 7) is 1.19. The van der Waals surface area contributed by atoms with E-state index in [0.29, 0.717) is 0 Å². The monoisotopic (exact) mass is 155 g/mol. The van der Waals surface area contributed by atoms with Gasteiger partial charge in [-0.3, -0.25) is 0 Å². The number of ether oxygens (including phenoxy) is 1. The molecule has 0 aromatic carbocycles. The quantitative estimate of drug-likeness (QED) is 0.613. The van der Waals surface area contributed by atoms with Gasteiger partial charge in [-0.15, -0.1) is 0 Å². The Balaban J connectivity index is 3.61. The van der Waals surface area contributed by atoms with Crippen LogP contribution in [0.4, 0.5) is 13.2 Å². The van der Waals surface area contributed by atoms with E-state index in [-0.39, 0.29) is 0 Å². The summed E-state index contributed by atoms with van der Waals surface area (Å²) in [6, 6.07) is 0. The minimum absolute atomic E-state index is 0.660. The molecule has 1 unspecified atom stereocenters. The predicted octanol–water partition coefficient (Wildman–Crippen LogP) is 1.27. The van der Waals surface area contributed by atoms with Gasteiger partial charge in [0.25, 0.3) is 0 Å². The third kappa shape index (κ3) is 3.32. The zero-order valence-corrected chi connectivity index (χ0v) is 5.23. The Kier molecular flexibility index (Phi) is 3.18. The Hall–Kier alpha value is -0.740. The Morgan fingerprint density at radius 3 is 2.40 bits per heavy atom. The van der Waals surface area contributed by atoms with Crippen molar-refractivity contribution in [3.63, 3.8) is 0 Å². The van der Waals surface area contributed by atoms with E-state index >= 15 is 0 Å². The molecule has 0 spiro atoms. The largest absolute Gasteiger partial charge is 0.457 e. The van der Waals surface area contributed by atoms with Gasteiger partial charge in [-0.2, -0.15) is 13.2 Å². The first kappa shape index (κ1) is 9.26. The summed E-state index contributed by atoms with van der Waals surface area (Å²) < 4.78 is 38.5. The average molecular weight is 155 g/mol. The molecule has 0 aromatic rings.